The Balaban J connectivity index is 1.88. The Morgan fingerprint density at radius 3 is 2.67 bits per heavy atom. The second-order valence-corrected chi connectivity index (χ2v) is 7.72. The summed E-state index contributed by atoms with van der Waals surface area (Å²) in [5.74, 6) is -0.853. The Morgan fingerprint density at radius 2 is 2.00 bits per heavy atom. The fourth-order valence-electron chi connectivity index (χ4n) is 2.32. The van der Waals surface area contributed by atoms with Crippen LogP contribution in [-0.4, -0.2) is 34.2 Å². The molecule has 0 bridgehead atoms. The van der Waals surface area contributed by atoms with E-state index in [9.17, 15) is 18.8 Å². The molecule has 7 nitrogen and oxygen atoms in total. The lowest BCUT2D eigenvalue weighted by atomic mass is 10.1. The largest absolute Gasteiger partial charge is 0.341 e. The molecular weight excluding hydrogens is 391 g/mol. The number of nitrogens with zero attached hydrogens (tertiary/aromatic N) is 1. The molecule has 140 valence electrons. The van der Waals surface area contributed by atoms with Gasteiger partial charge in [0.05, 0.1) is 10.6 Å². The molecule has 0 spiro atoms. The number of nitrogens with one attached hydrogen (secondary N) is 3. The molecule has 0 aliphatic heterocycles. The Kier molecular flexibility index (Phi) is 5.57. The molecule has 1 aromatic carbocycles. The molecule has 0 radical (unpaired) electrons. The SMILES string of the molecule is CNC(=O)NC(=O)[C@@H](C)Sc1nc2scc(-c3ccc(F)cc3)c2c(=O)[nH]1. The highest BCUT2D eigenvalue weighted by atomic mass is 32.2. The summed E-state index contributed by atoms with van der Waals surface area (Å²) in [5.41, 5.74) is 1.04. The van der Waals surface area contributed by atoms with E-state index in [0.29, 0.717) is 21.3 Å². The number of thiophene rings is 1. The van der Waals surface area contributed by atoms with E-state index in [-0.39, 0.29) is 16.5 Å². The average Bonchev–Trinajstić information content (AvgIpc) is 3.06. The molecular formula is C17H15FN4O3S2. The van der Waals surface area contributed by atoms with Crippen molar-refractivity contribution >= 4 is 45.3 Å². The number of halogens is 1. The normalized spacial score (nSPS) is 12.0. The van der Waals surface area contributed by atoms with Crippen LogP contribution in [0.1, 0.15) is 6.92 Å². The Labute approximate surface area is 161 Å². The van der Waals surface area contributed by atoms with Crippen molar-refractivity contribution in [3.8, 4) is 11.1 Å². The maximum absolute atomic E-state index is 13.1. The Hall–Kier alpha value is -2.72. The maximum Gasteiger partial charge on any atom is 0.321 e. The van der Waals surface area contributed by atoms with E-state index in [1.807, 2.05) is 0 Å². The second-order valence-electron chi connectivity index (χ2n) is 5.54. The first kappa shape index (κ1) is 19.1. The van der Waals surface area contributed by atoms with E-state index >= 15 is 0 Å². The van der Waals surface area contributed by atoms with Gasteiger partial charge >= 0.3 is 6.03 Å². The molecule has 2 aromatic heterocycles. The van der Waals surface area contributed by atoms with Gasteiger partial charge in [-0.1, -0.05) is 23.9 Å². The second kappa shape index (κ2) is 7.89. The van der Waals surface area contributed by atoms with E-state index in [2.05, 4.69) is 20.6 Å². The summed E-state index contributed by atoms with van der Waals surface area (Å²) in [6.45, 7) is 1.60. The van der Waals surface area contributed by atoms with Crippen LogP contribution in [0.2, 0.25) is 0 Å². The van der Waals surface area contributed by atoms with Crippen molar-refractivity contribution in [3.05, 3.63) is 45.8 Å². The van der Waals surface area contributed by atoms with E-state index in [1.54, 1.807) is 24.4 Å². The highest BCUT2D eigenvalue weighted by Crippen LogP contribution is 2.32. The molecule has 0 saturated heterocycles. The number of carbonyl (C=O) groups excluding carboxylic acids is 2. The van der Waals surface area contributed by atoms with Crippen molar-refractivity contribution in [2.75, 3.05) is 7.05 Å². The summed E-state index contributed by atoms with van der Waals surface area (Å²) < 4.78 is 13.1. The Bertz CT molecular complexity index is 1060. The van der Waals surface area contributed by atoms with E-state index in [4.69, 9.17) is 0 Å². The quantitative estimate of drug-likeness (QED) is 0.457. The number of hydrogen-bond donors (Lipinski definition) is 3. The topological polar surface area (TPSA) is 104 Å². The average molecular weight is 406 g/mol. The number of fused-ring (bicyclic) bond motifs is 1. The van der Waals surface area contributed by atoms with Gasteiger partial charge in [0.1, 0.15) is 10.6 Å². The molecule has 3 rings (SSSR count). The predicted molar refractivity (Wildman–Crippen MR) is 104 cm³/mol. The number of aromatic amines is 1. The summed E-state index contributed by atoms with van der Waals surface area (Å²) in [6.07, 6.45) is 0. The third-order valence-electron chi connectivity index (χ3n) is 3.70. The highest BCUT2D eigenvalue weighted by Gasteiger charge is 2.19. The molecule has 0 saturated carbocycles. The van der Waals surface area contributed by atoms with Gasteiger partial charge in [0.15, 0.2) is 5.16 Å². The van der Waals surface area contributed by atoms with Crippen LogP contribution in [0.25, 0.3) is 21.3 Å². The van der Waals surface area contributed by atoms with Gasteiger partial charge < -0.3 is 10.3 Å². The van der Waals surface area contributed by atoms with Gasteiger partial charge in [0, 0.05) is 18.0 Å². The molecule has 3 aromatic rings. The van der Waals surface area contributed by atoms with Gasteiger partial charge in [-0.25, -0.2) is 14.2 Å². The monoisotopic (exact) mass is 406 g/mol. The molecule has 0 aliphatic rings. The number of imide groups is 1. The van der Waals surface area contributed by atoms with Crippen molar-refractivity contribution in [1.29, 1.82) is 0 Å². The van der Waals surface area contributed by atoms with Crippen LogP contribution in [0.5, 0.6) is 0 Å². The van der Waals surface area contributed by atoms with Crippen LogP contribution in [0.15, 0.2) is 39.6 Å². The molecule has 10 heteroatoms. The lowest BCUT2D eigenvalue weighted by molar-refractivity contribution is -0.119. The lowest BCUT2D eigenvalue weighted by Gasteiger charge is -2.10. The van der Waals surface area contributed by atoms with Crippen molar-refractivity contribution in [1.82, 2.24) is 20.6 Å². The number of urea groups is 1. The molecule has 27 heavy (non-hydrogen) atoms. The highest BCUT2D eigenvalue weighted by molar-refractivity contribution is 8.00. The van der Waals surface area contributed by atoms with E-state index in [1.165, 1.54) is 30.5 Å². The zero-order valence-electron chi connectivity index (χ0n) is 14.3. The molecule has 0 aliphatic carbocycles. The van der Waals surface area contributed by atoms with Gasteiger partial charge in [-0.05, 0) is 24.6 Å². The van der Waals surface area contributed by atoms with Crippen molar-refractivity contribution in [2.24, 2.45) is 0 Å². The number of H-pyrrole nitrogens is 1. The fraction of sp³-hybridized carbons (Fsp3) is 0.176. The summed E-state index contributed by atoms with van der Waals surface area (Å²) in [5, 5.41) is 6.31. The fourth-order valence-corrected chi connectivity index (χ4v) is 4.13. The van der Waals surface area contributed by atoms with Gasteiger partial charge in [-0.15, -0.1) is 11.3 Å². The summed E-state index contributed by atoms with van der Waals surface area (Å²) >= 11 is 2.33. The first-order valence-corrected chi connectivity index (χ1v) is 9.61. The van der Waals surface area contributed by atoms with Crippen molar-refractivity contribution < 1.29 is 14.0 Å². The maximum atomic E-state index is 13.1. The van der Waals surface area contributed by atoms with Gasteiger partial charge in [0.25, 0.3) is 5.56 Å². The molecule has 2 heterocycles. The van der Waals surface area contributed by atoms with Gasteiger partial charge in [-0.2, -0.15) is 0 Å². The zero-order valence-corrected chi connectivity index (χ0v) is 16.0. The standard InChI is InChI=1S/C17H15FN4O3S2/c1-8(13(23)20-16(25)19-2)27-17-21-14(24)12-11(7-26-15(12)22-17)9-3-5-10(18)6-4-9/h3-8H,1-2H3,(H,21,22,24)(H2,19,20,23,25)/t8-/m1/s1. The number of thioether (sulfide) groups is 1. The zero-order chi connectivity index (χ0) is 19.6. The number of hydrogen-bond acceptors (Lipinski definition) is 6. The minimum absolute atomic E-state index is 0.277. The van der Waals surface area contributed by atoms with E-state index in [0.717, 1.165) is 11.8 Å². The van der Waals surface area contributed by atoms with E-state index < -0.39 is 17.2 Å². The van der Waals surface area contributed by atoms with Crippen LogP contribution >= 0.6 is 23.1 Å². The van der Waals surface area contributed by atoms with Crippen molar-refractivity contribution in [2.45, 2.75) is 17.3 Å². The molecule has 1 atom stereocenters. The first-order valence-electron chi connectivity index (χ1n) is 7.85. The number of rotatable bonds is 4. The number of benzene rings is 1. The summed E-state index contributed by atoms with van der Waals surface area (Å²) in [4.78, 5) is 43.3. The van der Waals surface area contributed by atoms with Crippen LogP contribution in [0, 0.1) is 5.82 Å². The molecule has 0 fully saturated rings. The third-order valence-corrected chi connectivity index (χ3v) is 5.56. The van der Waals surface area contributed by atoms with Crippen LogP contribution < -0.4 is 16.2 Å². The van der Waals surface area contributed by atoms with Crippen molar-refractivity contribution in [3.63, 3.8) is 0 Å². The van der Waals surface area contributed by atoms with Crippen LogP contribution in [0.3, 0.4) is 0 Å². The van der Waals surface area contributed by atoms with Crippen LogP contribution in [-0.2, 0) is 4.79 Å². The minimum Gasteiger partial charge on any atom is -0.341 e. The first-order chi connectivity index (χ1) is 12.9. The number of amides is 3. The molecule has 3 amide bonds. The van der Waals surface area contributed by atoms with Gasteiger partial charge in [0.2, 0.25) is 5.91 Å². The summed E-state index contributed by atoms with van der Waals surface area (Å²) in [7, 11) is 1.41. The van der Waals surface area contributed by atoms with Gasteiger partial charge in [-0.3, -0.25) is 14.9 Å². The van der Waals surface area contributed by atoms with Crippen LogP contribution in [0.4, 0.5) is 9.18 Å². The number of carbonyl (C=O) groups is 2. The summed E-state index contributed by atoms with van der Waals surface area (Å²) in [6, 6.07) is 5.26. The Morgan fingerprint density at radius 1 is 1.30 bits per heavy atom. The minimum atomic E-state index is -0.639. The third kappa shape index (κ3) is 4.17. The molecule has 0 unspecified atom stereocenters. The number of aromatic nitrogens is 2. The smallest absolute Gasteiger partial charge is 0.321 e. The predicted octanol–water partition coefficient (Wildman–Crippen LogP) is 2.73. The molecule has 3 N–H and O–H groups in total. The lowest BCUT2D eigenvalue weighted by Crippen LogP contribution is -2.41.